The molecule has 5 heteroatoms. The fourth-order valence-corrected chi connectivity index (χ4v) is 2.94. The number of carbonyl (C=O) groups excluding carboxylic acids is 1. The molecule has 4 nitrogen and oxygen atoms in total. The number of H-pyrrole nitrogens is 1. The third kappa shape index (κ3) is 2.78. The molecule has 1 aromatic heterocycles. The Morgan fingerprint density at radius 1 is 1.29 bits per heavy atom. The number of likely N-dealkylation sites (N-methyl/N-ethyl adjacent to an activating group) is 1. The predicted molar refractivity (Wildman–Crippen MR) is 80.7 cm³/mol. The van der Waals surface area contributed by atoms with Crippen molar-refractivity contribution in [2.24, 2.45) is 0 Å². The van der Waals surface area contributed by atoms with E-state index in [1.165, 1.54) is 6.07 Å². The van der Waals surface area contributed by atoms with Gasteiger partial charge in [-0.05, 0) is 24.2 Å². The number of carbonyl (C=O) groups is 1. The van der Waals surface area contributed by atoms with Gasteiger partial charge in [0, 0.05) is 43.3 Å². The minimum absolute atomic E-state index is 0.0786. The normalized spacial score (nSPS) is 16.6. The molecule has 0 atom stereocenters. The lowest BCUT2D eigenvalue weighted by molar-refractivity contribution is -0.132. The first kappa shape index (κ1) is 14.1. The lowest BCUT2D eigenvalue weighted by Crippen LogP contribution is -2.48. The van der Waals surface area contributed by atoms with E-state index in [0.29, 0.717) is 5.39 Å². The van der Waals surface area contributed by atoms with Gasteiger partial charge in [-0.15, -0.1) is 0 Å². The van der Waals surface area contributed by atoms with Crippen molar-refractivity contribution in [3.05, 3.63) is 35.8 Å². The van der Waals surface area contributed by atoms with E-state index in [4.69, 9.17) is 0 Å². The summed E-state index contributed by atoms with van der Waals surface area (Å²) in [6, 6.07) is 4.93. The quantitative estimate of drug-likeness (QED) is 0.939. The van der Waals surface area contributed by atoms with Gasteiger partial charge in [0.1, 0.15) is 5.82 Å². The van der Waals surface area contributed by atoms with Crippen LogP contribution in [0.5, 0.6) is 0 Å². The van der Waals surface area contributed by atoms with E-state index in [9.17, 15) is 9.18 Å². The molecular weight excluding hydrogens is 269 g/mol. The lowest BCUT2D eigenvalue weighted by atomic mass is 10.1. The second-order valence-electron chi connectivity index (χ2n) is 5.47. The van der Waals surface area contributed by atoms with Crippen LogP contribution in [0.15, 0.2) is 24.4 Å². The second kappa shape index (κ2) is 5.85. The number of piperazine rings is 1. The van der Waals surface area contributed by atoms with E-state index < -0.39 is 0 Å². The van der Waals surface area contributed by atoms with Gasteiger partial charge >= 0.3 is 0 Å². The molecule has 3 rings (SSSR count). The number of amides is 1. The highest BCUT2D eigenvalue weighted by Crippen LogP contribution is 2.22. The Morgan fingerprint density at radius 2 is 2.05 bits per heavy atom. The number of rotatable bonds is 3. The number of nitrogens with zero attached hydrogens (tertiary/aromatic N) is 2. The highest BCUT2D eigenvalue weighted by atomic mass is 19.1. The Labute approximate surface area is 123 Å². The van der Waals surface area contributed by atoms with Crippen LogP contribution in [0.25, 0.3) is 10.9 Å². The molecule has 2 heterocycles. The number of hydrogen-bond donors (Lipinski definition) is 1. The van der Waals surface area contributed by atoms with Gasteiger partial charge in [-0.1, -0.05) is 13.0 Å². The molecule has 1 aromatic carbocycles. The maximum atomic E-state index is 13.9. The van der Waals surface area contributed by atoms with Gasteiger partial charge in [0.2, 0.25) is 5.91 Å². The van der Waals surface area contributed by atoms with Gasteiger partial charge < -0.3 is 14.8 Å². The van der Waals surface area contributed by atoms with Gasteiger partial charge in [0.25, 0.3) is 0 Å². The summed E-state index contributed by atoms with van der Waals surface area (Å²) >= 11 is 0. The maximum Gasteiger partial charge on any atom is 0.227 e. The van der Waals surface area contributed by atoms with Crippen LogP contribution in [0.2, 0.25) is 0 Å². The van der Waals surface area contributed by atoms with Gasteiger partial charge in [0.05, 0.1) is 6.42 Å². The van der Waals surface area contributed by atoms with E-state index >= 15 is 0 Å². The van der Waals surface area contributed by atoms with Crippen LogP contribution in [0.4, 0.5) is 4.39 Å². The van der Waals surface area contributed by atoms with Crippen LogP contribution in [0.3, 0.4) is 0 Å². The number of halogens is 1. The average molecular weight is 289 g/mol. The van der Waals surface area contributed by atoms with Gasteiger partial charge in [-0.3, -0.25) is 4.79 Å². The minimum atomic E-state index is -0.271. The summed E-state index contributed by atoms with van der Waals surface area (Å²) in [5, 5.41) is 0.540. The zero-order chi connectivity index (χ0) is 14.8. The molecule has 112 valence electrons. The van der Waals surface area contributed by atoms with Crippen LogP contribution in [-0.4, -0.2) is 53.4 Å². The molecule has 1 saturated heterocycles. The SMILES string of the molecule is CCN1CCN(C(=O)Cc2c[nH]c3cccc(F)c23)CC1. The topological polar surface area (TPSA) is 39.3 Å². The van der Waals surface area contributed by atoms with Gasteiger partial charge in [-0.25, -0.2) is 4.39 Å². The minimum Gasteiger partial charge on any atom is -0.361 e. The molecule has 1 aliphatic rings. The molecule has 1 fully saturated rings. The third-order valence-corrected chi connectivity index (χ3v) is 4.25. The summed E-state index contributed by atoms with van der Waals surface area (Å²) in [4.78, 5) is 19.6. The maximum absolute atomic E-state index is 13.9. The number of nitrogens with one attached hydrogen (secondary N) is 1. The van der Waals surface area contributed by atoms with Crippen LogP contribution in [0.1, 0.15) is 12.5 Å². The van der Waals surface area contributed by atoms with Crippen molar-refractivity contribution in [2.45, 2.75) is 13.3 Å². The molecule has 1 aliphatic heterocycles. The van der Waals surface area contributed by atoms with Crippen molar-refractivity contribution in [2.75, 3.05) is 32.7 Å². The summed E-state index contributed by atoms with van der Waals surface area (Å²) in [6.45, 7) is 6.52. The zero-order valence-electron chi connectivity index (χ0n) is 12.2. The number of fused-ring (bicyclic) bond motifs is 1. The number of aromatic amines is 1. The van der Waals surface area contributed by atoms with Crippen LogP contribution in [-0.2, 0) is 11.2 Å². The highest BCUT2D eigenvalue weighted by molar-refractivity contribution is 5.89. The number of aromatic nitrogens is 1. The van der Waals surface area contributed by atoms with E-state index in [2.05, 4.69) is 16.8 Å². The van der Waals surface area contributed by atoms with Gasteiger partial charge in [-0.2, -0.15) is 0 Å². The third-order valence-electron chi connectivity index (χ3n) is 4.25. The van der Waals surface area contributed by atoms with E-state index in [1.807, 2.05) is 11.0 Å². The smallest absolute Gasteiger partial charge is 0.227 e. The predicted octanol–water partition coefficient (Wildman–Crippen LogP) is 2.01. The molecule has 21 heavy (non-hydrogen) atoms. The first-order valence-electron chi connectivity index (χ1n) is 7.43. The van der Waals surface area contributed by atoms with Crippen molar-refractivity contribution in [1.29, 1.82) is 0 Å². The van der Waals surface area contributed by atoms with E-state index in [-0.39, 0.29) is 18.1 Å². The van der Waals surface area contributed by atoms with Crippen molar-refractivity contribution in [1.82, 2.24) is 14.8 Å². The molecule has 2 aromatic rings. The summed E-state index contributed by atoms with van der Waals surface area (Å²) in [7, 11) is 0. The molecule has 0 radical (unpaired) electrons. The van der Waals surface area contributed by atoms with Crippen molar-refractivity contribution in [3.8, 4) is 0 Å². The fraction of sp³-hybridized carbons (Fsp3) is 0.438. The highest BCUT2D eigenvalue weighted by Gasteiger charge is 2.21. The second-order valence-corrected chi connectivity index (χ2v) is 5.47. The van der Waals surface area contributed by atoms with E-state index in [1.54, 1.807) is 12.3 Å². The Balaban J connectivity index is 1.72. The Hall–Kier alpha value is -1.88. The molecule has 0 bridgehead atoms. The first-order valence-corrected chi connectivity index (χ1v) is 7.43. The summed E-state index contributed by atoms with van der Waals surface area (Å²) < 4.78 is 13.9. The monoisotopic (exact) mass is 289 g/mol. The Morgan fingerprint density at radius 3 is 2.76 bits per heavy atom. The average Bonchev–Trinajstić information content (AvgIpc) is 2.92. The zero-order valence-corrected chi connectivity index (χ0v) is 12.2. The number of hydrogen-bond acceptors (Lipinski definition) is 2. The van der Waals surface area contributed by atoms with Crippen molar-refractivity contribution >= 4 is 16.8 Å². The van der Waals surface area contributed by atoms with E-state index in [0.717, 1.165) is 43.8 Å². The Bertz CT molecular complexity index is 644. The summed E-state index contributed by atoms with van der Waals surface area (Å²) in [5.41, 5.74) is 1.49. The Kier molecular flexibility index (Phi) is 3.92. The molecule has 0 aliphatic carbocycles. The summed E-state index contributed by atoms with van der Waals surface area (Å²) in [6.07, 6.45) is 2.00. The van der Waals surface area contributed by atoms with Crippen LogP contribution in [0, 0.1) is 5.82 Å². The van der Waals surface area contributed by atoms with Crippen LogP contribution >= 0.6 is 0 Å². The van der Waals surface area contributed by atoms with Crippen LogP contribution < -0.4 is 0 Å². The number of benzene rings is 1. The molecule has 1 amide bonds. The molecule has 0 unspecified atom stereocenters. The van der Waals surface area contributed by atoms with Crippen molar-refractivity contribution < 1.29 is 9.18 Å². The standard InChI is InChI=1S/C16H20FN3O/c1-2-19-6-8-20(9-7-19)15(21)10-12-11-18-14-5-3-4-13(17)16(12)14/h3-5,11,18H,2,6-10H2,1H3. The lowest BCUT2D eigenvalue weighted by Gasteiger charge is -2.34. The fourth-order valence-electron chi connectivity index (χ4n) is 2.94. The summed E-state index contributed by atoms with van der Waals surface area (Å²) in [5.74, 6) is -0.192. The first-order chi connectivity index (χ1) is 10.2. The van der Waals surface area contributed by atoms with Gasteiger partial charge in [0.15, 0.2) is 0 Å². The molecule has 0 spiro atoms. The van der Waals surface area contributed by atoms with Crippen molar-refractivity contribution in [3.63, 3.8) is 0 Å². The molecule has 1 N–H and O–H groups in total. The molecule has 0 saturated carbocycles. The largest absolute Gasteiger partial charge is 0.361 e. The molecular formula is C16H20FN3O.